The van der Waals surface area contributed by atoms with E-state index in [1.807, 2.05) is 0 Å². The van der Waals surface area contributed by atoms with Crippen molar-refractivity contribution in [2.45, 2.75) is 59.2 Å². The van der Waals surface area contributed by atoms with Crippen molar-refractivity contribution in [1.82, 2.24) is 0 Å². The summed E-state index contributed by atoms with van der Waals surface area (Å²) in [5, 5.41) is 34.8. The Hall–Kier alpha value is -3.19. The van der Waals surface area contributed by atoms with E-state index < -0.39 is 81.0 Å². The van der Waals surface area contributed by atoms with Crippen LogP contribution >= 0.6 is 0 Å². The average molecular weight is 509 g/mol. The zero-order valence-corrected chi connectivity index (χ0v) is 21.8. The number of phenols is 1. The van der Waals surface area contributed by atoms with Gasteiger partial charge >= 0.3 is 0 Å². The number of hydrogen-bond donors (Lipinski definition) is 3. The summed E-state index contributed by atoms with van der Waals surface area (Å²) in [7, 11) is 0. The van der Waals surface area contributed by atoms with Crippen LogP contribution in [0.3, 0.4) is 0 Å². The number of aliphatic hydroxyl groups is 2. The van der Waals surface area contributed by atoms with E-state index in [4.69, 9.17) is 0 Å². The van der Waals surface area contributed by atoms with Crippen LogP contribution in [0.15, 0.2) is 24.4 Å². The van der Waals surface area contributed by atoms with E-state index in [-0.39, 0.29) is 11.3 Å². The molecule has 3 aliphatic carbocycles. The maximum Gasteiger partial charge on any atom is 0.191 e. The molecule has 0 amide bonds. The fraction of sp³-hybridized carbons (Fsp3) is 0.517. The molecule has 2 saturated carbocycles. The molecule has 8 nitrogen and oxygen atoms in total. The number of benzene rings is 1. The molecule has 37 heavy (non-hydrogen) atoms. The fourth-order valence-corrected chi connectivity index (χ4v) is 7.69. The number of Topliss-reactive ketones (excluding diaryl/α,β-unsaturated/α-hetero) is 5. The second-order valence-corrected chi connectivity index (χ2v) is 11.5. The number of aliphatic hydroxyl groups excluding tert-OH is 1. The van der Waals surface area contributed by atoms with E-state index in [2.05, 4.69) is 12.3 Å². The topological polar surface area (TPSA) is 146 Å². The van der Waals surface area contributed by atoms with Crippen LogP contribution in [-0.2, 0) is 19.2 Å². The zero-order chi connectivity index (χ0) is 28.0. The predicted molar refractivity (Wildman–Crippen MR) is 133 cm³/mol. The molecule has 196 valence electrons. The third kappa shape index (κ3) is 2.89. The first-order chi connectivity index (χ1) is 17.1. The van der Waals surface area contributed by atoms with Crippen LogP contribution < -0.4 is 0 Å². The minimum Gasteiger partial charge on any atom is -0.507 e. The highest BCUT2D eigenvalue weighted by Crippen LogP contribution is 2.66. The number of carbonyl (C=O) groups excluding carboxylic acids is 5. The smallest absolute Gasteiger partial charge is 0.191 e. The summed E-state index contributed by atoms with van der Waals surface area (Å²) < 4.78 is 0. The summed E-state index contributed by atoms with van der Waals surface area (Å²) in [4.78, 5) is 67.9. The first-order valence-corrected chi connectivity index (χ1v) is 12.3. The highest BCUT2D eigenvalue weighted by molar-refractivity contribution is 6.33. The number of carbonyl (C=O) groups is 5. The van der Waals surface area contributed by atoms with Crippen molar-refractivity contribution in [1.29, 1.82) is 0 Å². The number of aromatic hydroxyl groups is 1. The SMILES string of the molecule is C=C=Cc1ccc(O)c2c1[C@@H](C)[C@@]1(C)C(C2=O)C(=O)[C@@]2(O)C(=O)C(C(C)=O)C(=O)C(C(C)C)[C@@]2(C)[C@@H]1O. The van der Waals surface area contributed by atoms with Gasteiger partial charge in [-0.05, 0) is 42.0 Å². The monoisotopic (exact) mass is 508 g/mol. The van der Waals surface area contributed by atoms with Gasteiger partial charge < -0.3 is 15.3 Å². The van der Waals surface area contributed by atoms with Gasteiger partial charge in [0.05, 0.1) is 17.6 Å². The summed E-state index contributed by atoms with van der Waals surface area (Å²) in [5.41, 5.74) is -3.20. The lowest BCUT2D eigenvalue weighted by Gasteiger charge is -2.65. The molecule has 4 rings (SSSR count). The highest BCUT2D eigenvalue weighted by Gasteiger charge is 2.80. The number of hydrogen-bond acceptors (Lipinski definition) is 8. The number of rotatable bonds is 3. The van der Waals surface area contributed by atoms with Crippen molar-refractivity contribution in [2.24, 2.45) is 34.5 Å². The number of phenolic OH excluding ortho intramolecular Hbond substituents is 1. The molecule has 0 heterocycles. The fourth-order valence-electron chi connectivity index (χ4n) is 7.69. The van der Waals surface area contributed by atoms with Crippen LogP contribution in [0.2, 0.25) is 0 Å². The third-order valence-corrected chi connectivity index (χ3v) is 9.50. The second kappa shape index (κ2) is 8.15. The summed E-state index contributed by atoms with van der Waals surface area (Å²) in [6.45, 7) is 12.5. The largest absolute Gasteiger partial charge is 0.507 e. The number of fused-ring (bicyclic) bond motifs is 3. The van der Waals surface area contributed by atoms with E-state index in [1.165, 1.54) is 26.0 Å². The molecule has 3 unspecified atom stereocenters. The molecule has 8 atom stereocenters. The Labute approximate surface area is 215 Å². The minimum atomic E-state index is -2.98. The molecule has 1 aromatic carbocycles. The van der Waals surface area contributed by atoms with Gasteiger partial charge in [-0.1, -0.05) is 47.3 Å². The quantitative estimate of drug-likeness (QED) is 0.417. The molecule has 0 aromatic heterocycles. The first-order valence-electron chi connectivity index (χ1n) is 12.3. The molecule has 3 N–H and O–H groups in total. The summed E-state index contributed by atoms with van der Waals surface area (Å²) >= 11 is 0. The van der Waals surface area contributed by atoms with Crippen molar-refractivity contribution in [2.75, 3.05) is 0 Å². The van der Waals surface area contributed by atoms with Gasteiger partial charge in [-0.15, -0.1) is 5.73 Å². The van der Waals surface area contributed by atoms with E-state index in [1.54, 1.807) is 26.8 Å². The molecule has 3 aliphatic rings. The van der Waals surface area contributed by atoms with Gasteiger partial charge in [0.15, 0.2) is 28.7 Å². The van der Waals surface area contributed by atoms with Crippen LogP contribution in [0.1, 0.15) is 68.9 Å². The van der Waals surface area contributed by atoms with Crippen molar-refractivity contribution in [3.63, 3.8) is 0 Å². The molecular weight excluding hydrogens is 476 g/mol. The predicted octanol–water partition coefficient (Wildman–Crippen LogP) is 2.42. The molecule has 0 bridgehead atoms. The van der Waals surface area contributed by atoms with Crippen LogP contribution in [0.5, 0.6) is 5.75 Å². The number of ketones is 5. The molecule has 0 aliphatic heterocycles. The summed E-state index contributed by atoms with van der Waals surface area (Å²) in [6, 6.07) is 2.86. The van der Waals surface area contributed by atoms with Gasteiger partial charge in [-0.2, -0.15) is 0 Å². The average Bonchev–Trinajstić information content (AvgIpc) is 2.80. The van der Waals surface area contributed by atoms with Gasteiger partial charge in [0.25, 0.3) is 0 Å². The molecule has 2 fully saturated rings. The summed E-state index contributed by atoms with van der Waals surface area (Å²) in [6.07, 6.45) is -0.181. The van der Waals surface area contributed by atoms with Gasteiger partial charge in [-0.3, -0.25) is 24.0 Å². The van der Waals surface area contributed by atoms with E-state index in [0.717, 1.165) is 6.92 Å². The van der Waals surface area contributed by atoms with Crippen LogP contribution in [0.25, 0.3) is 6.08 Å². The second-order valence-electron chi connectivity index (χ2n) is 11.5. The standard InChI is InChI=1S/C29H32O8/c1-8-9-15-10-11-16(31)19-17(15)13(4)27(6)21(23(19)33)25(35)29(37)24(34)18(14(5)30)22(32)20(12(2)3)28(29,7)26(27)36/h9-13,18,20-21,26,31,36-37H,1H2,2-7H3/t13-,18?,20?,21?,26-,27+,28+,29+/m1/s1. The lowest BCUT2D eigenvalue weighted by atomic mass is 9.37. The van der Waals surface area contributed by atoms with Gasteiger partial charge in [-0.25, -0.2) is 0 Å². The Morgan fingerprint density at radius 3 is 2.24 bits per heavy atom. The van der Waals surface area contributed by atoms with Crippen molar-refractivity contribution in [3.8, 4) is 5.75 Å². The Bertz CT molecular complexity index is 1330. The minimum absolute atomic E-state index is 0.144. The van der Waals surface area contributed by atoms with Crippen molar-refractivity contribution < 1.29 is 39.3 Å². The normalized spacial score (nSPS) is 39.0. The van der Waals surface area contributed by atoms with Crippen molar-refractivity contribution >= 4 is 35.0 Å². The molecule has 0 saturated heterocycles. The summed E-state index contributed by atoms with van der Waals surface area (Å²) in [5.74, 6) is -11.4. The Morgan fingerprint density at radius 2 is 1.73 bits per heavy atom. The lowest BCUT2D eigenvalue weighted by Crippen LogP contribution is -2.82. The van der Waals surface area contributed by atoms with Crippen LogP contribution in [0.4, 0.5) is 0 Å². The van der Waals surface area contributed by atoms with E-state index in [0.29, 0.717) is 11.1 Å². The van der Waals surface area contributed by atoms with E-state index in [9.17, 15) is 39.3 Å². The van der Waals surface area contributed by atoms with Crippen molar-refractivity contribution in [3.05, 3.63) is 41.1 Å². The maximum absolute atomic E-state index is 14.3. The van der Waals surface area contributed by atoms with Crippen LogP contribution in [-0.4, -0.2) is 55.9 Å². The molecule has 1 aromatic rings. The molecular formula is C29H32O8. The van der Waals surface area contributed by atoms with Gasteiger partial charge in [0.1, 0.15) is 17.5 Å². The third-order valence-electron chi connectivity index (χ3n) is 9.50. The zero-order valence-electron chi connectivity index (χ0n) is 21.8. The molecule has 0 radical (unpaired) electrons. The van der Waals surface area contributed by atoms with E-state index >= 15 is 0 Å². The van der Waals surface area contributed by atoms with Gasteiger partial charge in [0.2, 0.25) is 0 Å². The lowest BCUT2D eigenvalue weighted by molar-refractivity contribution is -0.240. The Kier molecular flexibility index (Phi) is 5.92. The Balaban J connectivity index is 2.11. The van der Waals surface area contributed by atoms with Gasteiger partial charge in [0, 0.05) is 16.7 Å². The highest BCUT2D eigenvalue weighted by atomic mass is 16.3. The Morgan fingerprint density at radius 1 is 1.14 bits per heavy atom. The van der Waals surface area contributed by atoms with Crippen LogP contribution in [0, 0.1) is 34.5 Å². The molecule has 8 heteroatoms. The molecule has 0 spiro atoms. The first kappa shape index (κ1) is 26.9. The maximum atomic E-state index is 14.3.